The van der Waals surface area contributed by atoms with E-state index in [2.05, 4.69) is 20.5 Å². The highest BCUT2D eigenvalue weighted by Gasteiger charge is 2.20. The van der Waals surface area contributed by atoms with Crippen molar-refractivity contribution >= 4 is 40.6 Å². The summed E-state index contributed by atoms with van der Waals surface area (Å²) >= 11 is 11.9. The zero-order chi connectivity index (χ0) is 19.0. The van der Waals surface area contributed by atoms with Gasteiger partial charge in [-0.2, -0.15) is 5.10 Å². The van der Waals surface area contributed by atoms with E-state index in [1.807, 2.05) is 0 Å². The molecule has 2 heterocycles. The van der Waals surface area contributed by atoms with Crippen molar-refractivity contribution in [3.05, 3.63) is 51.5 Å². The van der Waals surface area contributed by atoms with Crippen LogP contribution in [0.4, 0.5) is 15.9 Å². The van der Waals surface area contributed by atoms with Crippen LogP contribution in [0, 0.1) is 12.7 Å². The third-order valence-corrected chi connectivity index (χ3v) is 4.17. The largest absolute Gasteiger partial charge is 0.507 e. The van der Waals surface area contributed by atoms with E-state index < -0.39 is 17.5 Å². The third-order valence-electron chi connectivity index (χ3n) is 3.59. The Kier molecular flexibility index (Phi) is 4.71. The third kappa shape index (κ3) is 3.29. The molecule has 0 bridgehead atoms. The van der Waals surface area contributed by atoms with E-state index in [1.165, 1.54) is 12.1 Å². The number of nitrogens with one attached hydrogen (secondary N) is 2. The number of aromatic nitrogens is 3. The number of phenols is 1. The molecule has 3 rings (SSSR count). The number of benzene rings is 1. The Labute approximate surface area is 157 Å². The maximum absolute atomic E-state index is 14.6. The normalized spacial score (nSPS) is 10.8. The molecule has 7 nitrogen and oxygen atoms in total. The van der Waals surface area contributed by atoms with Crippen LogP contribution in [-0.2, 0) is 0 Å². The van der Waals surface area contributed by atoms with Crippen LogP contribution in [0.2, 0.25) is 10.2 Å². The fraction of sp³-hybridized carbons (Fsp3) is 0.0625. The molecule has 0 aliphatic heterocycles. The Balaban J connectivity index is 2.00. The molecule has 3 aromatic rings. The number of carbonyl (C=O) groups is 1. The van der Waals surface area contributed by atoms with Crippen molar-refractivity contribution in [1.29, 1.82) is 0 Å². The molecule has 0 spiro atoms. The molecule has 0 saturated carbocycles. The van der Waals surface area contributed by atoms with Crippen molar-refractivity contribution < 1.29 is 14.3 Å². The molecule has 0 aliphatic rings. The van der Waals surface area contributed by atoms with Crippen molar-refractivity contribution in [2.24, 2.45) is 0 Å². The Morgan fingerprint density at radius 1 is 1.35 bits per heavy atom. The molecule has 0 fully saturated rings. The van der Waals surface area contributed by atoms with Crippen molar-refractivity contribution in [3.63, 3.8) is 0 Å². The lowest BCUT2D eigenvalue weighted by Crippen LogP contribution is -2.13. The number of anilines is 2. The number of hydrogen-bond donors (Lipinski definition) is 4. The minimum absolute atomic E-state index is 0.0446. The summed E-state index contributed by atoms with van der Waals surface area (Å²) in [6, 6.07) is 4.86. The summed E-state index contributed by atoms with van der Waals surface area (Å²) in [7, 11) is 0. The quantitative estimate of drug-likeness (QED) is 0.538. The number of rotatable bonds is 3. The second-order valence-electron chi connectivity index (χ2n) is 5.38. The van der Waals surface area contributed by atoms with E-state index in [4.69, 9.17) is 28.9 Å². The van der Waals surface area contributed by atoms with E-state index in [1.54, 1.807) is 6.92 Å². The number of pyridine rings is 1. The Bertz CT molecular complexity index is 1000. The van der Waals surface area contributed by atoms with Crippen molar-refractivity contribution in [1.82, 2.24) is 15.2 Å². The first-order valence-corrected chi connectivity index (χ1v) is 8.00. The lowest BCUT2D eigenvalue weighted by atomic mass is 10.1. The Morgan fingerprint density at radius 2 is 2.08 bits per heavy atom. The first-order chi connectivity index (χ1) is 12.3. The van der Waals surface area contributed by atoms with Crippen LogP contribution < -0.4 is 11.1 Å². The maximum atomic E-state index is 14.6. The summed E-state index contributed by atoms with van der Waals surface area (Å²) in [6.07, 6.45) is 0. The lowest BCUT2D eigenvalue weighted by Gasteiger charge is -2.11. The van der Waals surface area contributed by atoms with Gasteiger partial charge in [-0.25, -0.2) is 9.37 Å². The monoisotopic (exact) mass is 395 g/mol. The number of aromatic hydroxyl groups is 1. The highest BCUT2D eigenvalue weighted by Crippen LogP contribution is 2.34. The SMILES string of the molecule is Cc1[nH]nc(Cl)c1NC(=O)c1cc(F)c(-c2nc(N)ccc2Cl)cc1O. The predicted molar refractivity (Wildman–Crippen MR) is 97.0 cm³/mol. The van der Waals surface area contributed by atoms with Gasteiger partial charge in [-0.15, -0.1) is 0 Å². The van der Waals surface area contributed by atoms with Crippen molar-refractivity contribution in [3.8, 4) is 17.0 Å². The molecule has 2 aromatic heterocycles. The van der Waals surface area contributed by atoms with Gasteiger partial charge in [-0.3, -0.25) is 9.89 Å². The van der Waals surface area contributed by atoms with E-state index in [0.29, 0.717) is 5.69 Å². The molecular formula is C16H12Cl2FN5O2. The summed E-state index contributed by atoms with van der Waals surface area (Å²) < 4.78 is 14.6. The van der Waals surface area contributed by atoms with E-state index in [9.17, 15) is 14.3 Å². The first-order valence-electron chi connectivity index (χ1n) is 7.24. The highest BCUT2D eigenvalue weighted by molar-refractivity contribution is 6.33. The molecule has 5 N–H and O–H groups in total. The second-order valence-corrected chi connectivity index (χ2v) is 6.15. The highest BCUT2D eigenvalue weighted by atomic mass is 35.5. The van der Waals surface area contributed by atoms with Gasteiger partial charge in [0, 0.05) is 5.56 Å². The van der Waals surface area contributed by atoms with Crippen molar-refractivity contribution in [2.45, 2.75) is 6.92 Å². The number of aryl methyl sites for hydroxylation is 1. The van der Waals surface area contributed by atoms with E-state index >= 15 is 0 Å². The summed E-state index contributed by atoms with van der Waals surface area (Å²) in [5.41, 5.74) is 6.02. The number of nitrogen functional groups attached to an aromatic ring is 1. The maximum Gasteiger partial charge on any atom is 0.259 e. The van der Waals surface area contributed by atoms with Crippen LogP contribution in [0.3, 0.4) is 0 Å². The van der Waals surface area contributed by atoms with Gasteiger partial charge < -0.3 is 16.2 Å². The standard InChI is InChI=1S/C16H12Cl2FN5O2/c1-6-13(15(18)24-23-6)22-16(26)8-4-10(19)7(5-11(8)25)14-9(17)2-3-12(20)21-14/h2-5,25H,1H3,(H2,20,21)(H,22,26)(H,23,24). The second kappa shape index (κ2) is 6.81. The van der Waals surface area contributed by atoms with Crippen LogP contribution in [0.1, 0.15) is 16.1 Å². The van der Waals surface area contributed by atoms with Crippen LogP contribution in [0.25, 0.3) is 11.3 Å². The number of halogens is 3. The van der Waals surface area contributed by atoms with Gasteiger partial charge in [0.2, 0.25) is 0 Å². The van der Waals surface area contributed by atoms with Crippen LogP contribution in [0.5, 0.6) is 5.75 Å². The number of amides is 1. The summed E-state index contributed by atoms with van der Waals surface area (Å²) in [4.78, 5) is 16.3. The fourth-order valence-corrected chi connectivity index (χ4v) is 2.74. The summed E-state index contributed by atoms with van der Waals surface area (Å²) in [5.74, 6) is -1.89. The van der Waals surface area contributed by atoms with Gasteiger partial charge in [0.1, 0.15) is 23.1 Å². The average Bonchev–Trinajstić information content (AvgIpc) is 2.90. The smallest absolute Gasteiger partial charge is 0.259 e. The molecule has 0 atom stereocenters. The minimum Gasteiger partial charge on any atom is -0.507 e. The molecule has 0 radical (unpaired) electrons. The molecule has 26 heavy (non-hydrogen) atoms. The Hall–Kier alpha value is -2.84. The molecule has 0 unspecified atom stereocenters. The zero-order valence-electron chi connectivity index (χ0n) is 13.3. The zero-order valence-corrected chi connectivity index (χ0v) is 14.8. The first kappa shape index (κ1) is 18.0. The van der Waals surface area contributed by atoms with Gasteiger partial charge in [-0.1, -0.05) is 23.2 Å². The number of nitrogens with zero attached hydrogens (tertiary/aromatic N) is 2. The predicted octanol–water partition coefficient (Wildman–Crippen LogP) is 3.77. The van der Waals surface area contributed by atoms with E-state index in [-0.39, 0.29) is 38.5 Å². The van der Waals surface area contributed by atoms with Gasteiger partial charge in [0.25, 0.3) is 5.91 Å². The number of hydrogen-bond acceptors (Lipinski definition) is 5. The van der Waals surface area contributed by atoms with E-state index in [0.717, 1.165) is 12.1 Å². The average molecular weight is 396 g/mol. The summed E-state index contributed by atoms with van der Waals surface area (Å²) in [6.45, 7) is 1.64. The van der Waals surface area contributed by atoms with Crippen molar-refractivity contribution in [2.75, 3.05) is 11.1 Å². The number of carbonyl (C=O) groups excluding carboxylic acids is 1. The number of H-pyrrole nitrogens is 1. The molecule has 0 aliphatic carbocycles. The molecule has 0 saturated heterocycles. The Morgan fingerprint density at radius 3 is 2.73 bits per heavy atom. The number of phenolic OH excluding ortho intramolecular Hbond substituents is 1. The molecule has 134 valence electrons. The lowest BCUT2D eigenvalue weighted by molar-refractivity contribution is 0.102. The number of aromatic amines is 1. The number of nitrogens with two attached hydrogens (primary N) is 1. The van der Waals surface area contributed by atoms with Gasteiger partial charge in [-0.05, 0) is 31.2 Å². The molecular weight excluding hydrogens is 384 g/mol. The molecule has 10 heteroatoms. The van der Waals surface area contributed by atoms with Crippen LogP contribution in [-0.4, -0.2) is 26.2 Å². The van der Waals surface area contributed by atoms with Gasteiger partial charge >= 0.3 is 0 Å². The molecule has 1 aromatic carbocycles. The fourth-order valence-electron chi connectivity index (χ4n) is 2.30. The molecule has 1 amide bonds. The minimum atomic E-state index is -0.803. The van der Waals surface area contributed by atoms with Gasteiger partial charge in [0.15, 0.2) is 5.15 Å². The van der Waals surface area contributed by atoms with Crippen LogP contribution >= 0.6 is 23.2 Å². The summed E-state index contributed by atoms with van der Waals surface area (Å²) in [5, 5.41) is 19.2. The van der Waals surface area contributed by atoms with Crippen LogP contribution in [0.15, 0.2) is 24.3 Å². The van der Waals surface area contributed by atoms with Gasteiger partial charge in [0.05, 0.1) is 22.0 Å². The topological polar surface area (TPSA) is 117 Å².